The monoisotopic (exact) mass is 278 g/mol. The molecule has 0 aliphatic heterocycles. The molecule has 0 saturated heterocycles. The second kappa shape index (κ2) is 7.29. The average Bonchev–Trinajstić information content (AvgIpc) is 2.37. The van der Waals surface area contributed by atoms with Crippen molar-refractivity contribution in [2.75, 3.05) is 20.2 Å². The van der Waals surface area contributed by atoms with Crippen LogP contribution in [0.3, 0.4) is 0 Å². The van der Waals surface area contributed by atoms with E-state index in [0.29, 0.717) is 19.7 Å². The maximum atomic E-state index is 12.0. The van der Waals surface area contributed by atoms with Gasteiger partial charge in [-0.2, -0.15) is 0 Å². The molecule has 1 aromatic rings. The van der Waals surface area contributed by atoms with Crippen LogP contribution < -0.4 is 10.1 Å². The maximum Gasteiger partial charge on any atom is 0.236 e. The number of rotatable bonds is 6. The fraction of sp³-hybridized carbons (Fsp3) is 0.562. The highest BCUT2D eigenvalue weighted by molar-refractivity contribution is 5.78. The number of carbonyl (C=O) groups excluding carboxylic acids is 1. The third-order valence-corrected chi connectivity index (χ3v) is 2.85. The minimum absolute atomic E-state index is 0.0460. The van der Waals surface area contributed by atoms with Crippen LogP contribution in [0.15, 0.2) is 24.3 Å². The molecule has 0 unspecified atom stereocenters. The lowest BCUT2D eigenvalue weighted by Crippen LogP contribution is -2.43. The van der Waals surface area contributed by atoms with Crippen LogP contribution in [0, 0.1) is 0 Å². The van der Waals surface area contributed by atoms with Crippen molar-refractivity contribution < 1.29 is 9.53 Å². The number of nitrogens with one attached hydrogen (secondary N) is 1. The lowest BCUT2D eigenvalue weighted by Gasteiger charge is -2.23. The van der Waals surface area contributed by atoms with Gasteiger partial charge in [-0.05, 0) is 45.4 Å². The van der Waals surface area contributed by atoms with Crippen molar-refractivity contribution in [3.63, 3.8) is 0 Å². The van der Waals surface area contributed by atoms with Gasteiger partial charge in [-0.25, -0.2) is 0 Å². The smallest absolute Gasteiger partial charge is 0.236 e. The Morgan fingerprint density at radius 2 is 1.85 bits per heavy atom. The van der Waals surface area contributed by atoms with E-state index in [4.69, 9.17) is 4.74 Å². The topological polar surface area (TPSA) is 41.6 Å². The van der Waals surface area contributed by atoms with Crippen LogP contribution in [0.5, 0.6) is 5.75 Å². The molecule has 1 rings (SSSR count). The van der Waals surface area contributed by atoms with Gasteiger partial charge in [0, 0.05) is 19.1 Å². The van der Waals surface area contributed by atoms with E-state index in [9.17, 15) is 4.79 Å². The molecule has 1 N–H and O–H groups in total. The molecule has 112 valence electrons. The zero-order valence-corrected chi connectivity index (χ0v) is 13.2. The van der Waals surface area contributed by atoms with Gasteiger partial charge in [0.1, 0.15) is 5.75 Å². The van der Waals surface area contributed by atoms with Crippen LogP contribution in [-0.2, 0) is 11.3 Å². The zero-order valence-electron chi connectivity index (χ0n) is 13.2. The molecule has 20 heavy (non-hydrogen) atoms. The van der Waals surface area contributed by atoms with E-state index in [-0.39, 0.29) is 11.4 Å². The Balaban J connectivity index is 2.48. The number of ether oxygens (including phenoxy) is 1. The summed E-state index contributed by atoms with van der Waals surface area (Å²) < 4.78 is 5.40. The molecular weight excluding hydrogens is 252 g/mol. The van der Waals surface area contributed by atoms with Crippen molar-refractivity contribution in [1.82, 2.24) is 10.2 Å². The third-order valence-electron chi connectivity index (χ3n) is 2.85. The molecule has 1 amide bonds. The minimum atomic E-state index is -0.0460. The summed E-state index contributed by atoms with van der Waals surface area (Å²) in [5.41, 5.74) is 1.05. The molecule has 4 nitrogen and oxygen atoms in total. The Hall–Kier alpha value is -1.55. The predicted molar refractivity (Wildman–Crippen MR) is 81.8 cm³/mol. The van der Waals surface area contributed by atoms with Gasteiger partial charge in [0.2, 0.25) is 5.91 Å². The summed E-state index contributed by atoms with van der Waals surface area (Å²) in [7, 11) is 1.82. The van der Waals surface area contributed by atoms with Crippen molar-refractivity contribution in [3.05, 3.63) is 29.8 Å². The Bertz CT molecular complexity index is 421. The van der Waals surface area contributed by atoms with Crippen molar-refractivity contribution >= 4 is 5.91 Å². The van der Waals surface area contributed by atoms with E-state index < -0.39 is 0 Å². The van der Waals surface area contributed by atoms with Gasteiger partial charge < -0.3 is 15.0 Å². The summed E-state index contributed by atoms with van der Waals surface area (Å²) in [6, 6.07) is 7.85. The van der Waals surface area contributed by atoms with Crippen LogP contribution in [0.1, 0.15) is 33.3 Å². The summed E-state index contributed by atoms with van der Waals surface area (Å²) in [5.74, 6) is 0.952. The standard InChI is InChI=1S/C16H26N2O2/c1-6-20-14-9-7-13(8-10-14)12-18(5)15(19)11-17-16(2,3)4/h7-10,17H,6,11-12H2,1-5H3. The first-order chi connectivity index (χ1) is 9.31. The molecule has 0 heterocycles. The molecule has 1 aromatic carbocycles. The molecule has 0 aliphatic rings. The summed E-state index contributed by atoms with van der Waals surface area (Å²) in [4.78, 5) is 13.7. The van der Waals surface area contributed by atoms with Gasteiger partial charge in [0.15, 0.2) is 0 Å². The minimum Gasteiger partial charge on any atom is -0.494 e. The molecule has 0 aliphatic carbocycles. The number of hydrogen-bond donors (Lipinski definition) is 1. The van der Waals surface area contributed by atoms with E-state index in [2.05, 4.69) is 5.32 Å². The molecule has 0 radical (unpaired) electrons. The number of nitrogens with zero attached hydrogens (tertiary/aromatic N) is 1. The fourth-order valence-corrected chi connectivity index (χ4v) is 1.70. The molecule has 0 bridgehead atoms. The molecule has 0 atom stereocenters. The van der Waals surface area contributed by atoms with Crippen molar-refractivity contribution in [1.29, 1.82) is 0 Å². The molecule has 4 heteroatoms. The van der Waals surface area contributed by atoms with Gasteiger partial charge in [0.25, 0.3) is 0 Å². The number of likely N-dealkylation sites (N-methyl/N-ethyl adjacent to an activating group) is 1. The van der Waals surface area contributed by atoms with Crippen molar-refractivity contribution in [3.8, 4) is 5.75 Å². The van der Waals surface area contributed by atoms with Crippen LogP contribution in [0.25, 0.3) is 0 Å². The zero-order chi connectivity index (χ0) is 15.2. The number of carbonyl (C=O) groups is 1. The van der Waals surface area contributed by atoms with E-state index in [1.54, 1.807) is 4.90 Å². The molecular formula is C16H26N2O2. The van der Waals surface area contributed by atoms with Gasteiger partial charge in [-0.3, -0.25) is 4.79 Å². The number of hydrogen-bond acceptors (Lipinski definition) is 3. The summed E-state index contributed by atoms with van der Waals surface area (Å²) in [6.07, 6.45) is 0. The SMILES string of the molecule is CCOc1ccc(CN(C)C(=O)CNC(C)(C)C)cc1. The molecule has 0 saturated carbocycles. The quantitative estimate of drug-likeness (QED) is 0.869. The lowest BCUT2D eigenvalue weighted by molar-refractivity contribution is -0.129. The fourth-order valence-electron chi connectivity index (χ4n) is 1.70. The van der Waals surface area contributed by atoms with Crippen LogP contribution in [-0.4, -0.2) is 36.5 Å². The van der Waals surface area contributed by atoms with Gasteiger partial charge in [0.05, 0.1) is 13.2 Å². The van der Waals surface area contributed by atoms with E-state index >= 15 is 0 Å². The Morgan fingerprint density at radius 1 is 1.25 bits per heavy atom. The molecule has 0 fully saturated rings. The summed E-state index contributed by atoms with van der Waals surface area (Å²) in [5, 5.41) is 3.20. The highest BCUT2D eigenvalue weighted by atomic mass is 16.5. The molecule has 0 aromatic heterocycles. The van der Waals surface area contributed by atoms with Gasteiger partial charge >= 0.3 is 0 Å². The average molecular weight is 278 g/mol. The largest absolute Gasteiger partial charge is 0.494 e. The third kappa shape index (κ3) is 6.06. The van der Waals surface area contributed by atoms with Gasteiger partial charge in [-0.1, -0.05) is 12.1 Å². The van der Waals surface area contributed by atoms with E-state index in [0.717, 1.165) is 11.3 Å². The van der Waals surface area contributed by atoms with Crippen LogP contribution in [0.2, 0.25) is 0 Å². The highest BCUT2D eigenvalue weighted by Gasteiger charge is 2.14. The summed E-state index contributed by atoms with van der Waals surface area (Å²) in [6.45, 7) is 9.74. The summed E-state index contributed by atoms with van der Waals surface area (Å²) >= 11 is 0. The lowest BCUT2D eigenvalue weighted by atomic mass is 10.1. The van der Waals surface area contributed by atoms with Gasteiger partial charge in [-0.15, -0.1) is 0 Å². The highest BCUT2D eigenvalue weighted by Crippen LogP contribution is 2.13. The van der Waals surface area contributed by atoms with E-state index in [1.807, 2.05) is 59.0 Å². The van der Waals surface area contributed by atoms with Crippen LogP contribution >= 0.6 is 0 Å². The second-order valence-corrected chi connectivity index (χ2v) is 5.93. The Labute approximate surface area is 122 Å². The normalized spacial score (nSPS) is 11.2. The maximum absolute atomic E-state index is 12.0. The Morgan fingerprint density at radius 3 is 2.35 bits per heavy atom. The van der Waals surface area contributed by atoms with Crippen molar-refractivity contribution in [2.24, 2.45) is 0 Å². The van der Waals surface area contributed by atoms with E-state index in [1.165, 1.54) is 0 Å². The number of benzene rings is 1. The first-order valence-electron chi connectivity index (χ1n) is 7.02. The first-order valence-corrected chi connectivity index (χ1v) is 7.02. The first kappa shape index (κ1) is 16.5. The second-order valence-electron chi connectivity index (χ2n) is 5.93. The molecule has 0 spiro atoms. The predicted octanol–water partition coefficient (Wildman–Crippen LogP) is 2.43. The number of amides is 1. The van der Waals surface area contributed by atoms with Crippen LogP contribution in [0.4, 0.5) is 0 Å². The van der Waals surface area contributed by atoms with Crippen molar-refractivity contribution in [2.45, 2.75) is 39.8 Å². The Kier molecular flexibility index (Phi) is 6.02.